The number of esters is 2. The topological polar surface area (TPSA) is 133 Å². The van der Waals surface area contributed by atoms with Gasteiger partial charge in [-0.15, -0.1) is 26.3 Å². The van der Waals surface area contributed by atoms with E-state index in [0.717, 1.165) is 48.5 Å². The second-order valence-corrected chi connectivity index (χ2v) is 5.40. The molecule has 179 valence electrons. The van der Waals surface area contributed by atoms with Crippen LogP contribution in [0.3, 0.4) is 0 Å². The van der Waals surface area contributed by atoms with Crippen molar-refractivity contribution in [2.75, 3.05) is 0 Å². The molecule has 0 unspecified atom stereocenters. The number of aromatic carboxylic acids is 2. The molecule has 15 heteroatoms. The van der Waals surface area contributed by atoms with Gasteiger partial charge in [-0.3, -0.25) is 0 Å². The largest absolute Gasteiger partial charge is 2.00 e. The molecular weight excluding hydrogens is 517 g/mol. The van der Waals surface area contributed by atoms with E-state index in [1.165, 1.54) is 0 Å². The number of carboxylic acids is 2. The summed E-state index contributed by atoms with van der Waals surface area (Å²) >= 11 is 0. The average Bonchev–Trinajstić information content (AvgIpc) is 2.66. The van der Waals surface area contributed by atoms with Gasteiger partial charge in [0.05, 0.1) is 23.1 Å². The zero-order valence-corrected chi connectivity index (χ0v) is 16.5. The Bertz CT molecular complexity index is 903. The molecule has 0 fully saturated rings. The van der Waals surface area contributed by atoms with Crippen molar-refractivity contribution in [2.45, 2.75) is 12.7 Å². The minimum absolute atomic E-state index is 0. The molecule has 0 aliphatic carbocycles. The van der Waals surface area contributed by atoms with E-state index in [4.69, 9.17) is 0 Å². The smallest absolute Gasteiger partial charge is 0.545 e. The number of alkyl halides is 6. The standard InChI is InChI=1S/2C9H5F3O4.Co/c2*10-9(11,12)16-8(15)6-3-1-5(2-4-6)7(13)14;/h2*1-4H,(H,13,14);/q;;+2/p-2. The molecule has 1 radical (unpaired) electrons. The van der Waals surface area contributed by atoms with Crippen molar-refractivity contribution >= 4 is 23.9 Å². The number of rotatable bonds is 4. The molecule has 0 aromatic heterocycles. The molecule has 2 rings (SSSR count). The van der Waals surface area contributed by atoms with E-state index in [-0.39, 0.29) is 27.9 Å². The van der Waals surface area contributed by atoms with Gasteiger partial charge in [-0.25, -0.2) is 9.59 Å². The van der Waals surface area contributed by atoms with Crippen LogP contribution < -0.4 is 10.2 Å². The molecule has 0 amide bonds. The predicted molar refractivity (Wildman–Crippen MR) is 84.5 cm³/mol. The van der Waals surface area contributed by atoms with E-state index in [1.807, 2.05) is 0 Å². The molecule has 0 heterocycles. The summed E-state index contributed by atoms with van der Waals surface area (Å²) in [5, 5.41) is 20.6. The Kier molecular flexibility index (Phi) is 10.6. The first-order chi connectivity index (χ1) is 14.6. The van der Waals surface area contributed by atoms with Gasteiger partial charge < -0.3 is 29.3 Å². The van der Waals surface area contributed by atoms with E-state index < -0.39 is 47.7 Å². The maximum absolute atomic E-state index is 11.7. The second-order valence-electron chi connectivity index (χ2n) is 5.40. The molecule has 2 aromatic rings. The monoisotopic (exact) mass is 525 g/mol. The van der Waals surface area contributed by atoms with Crippen LogP contribution in [0.15, 0.2) is 48.5 Å². The first-order valence-electron chi connectivity index (χ1n) is 7.82. The summed E-state index contributed by atoms with van der Waals surface area (Å²) < 4.78 is 76.2. The number of ether oxygens (including phenoxy) is 2. The summed E-state index contributed by atoms with van der Waals surface area (Å²) in [6.07, 6.45) is -10.1. The molecule has 0 saturated heterocycles. The predicted octanol–water partition coefficient (Wildman–Crippen LogP) is 1.45. The van der Waals surface area contributed by atoms with E-state index >= 15 is 0 Å². The summed E-state index contributed by atoms with van der Waals surface area (Å²) in [5.74, 6) is -6.18. The summed E-state index contributed by atoms with van der Waals surface area (Å²) in [5.41, 5.74) is -1.29. The summed E-state index contributed by atoms with van der Waals surface area (Å²) in [6.45, 7) is 0. The first-order valence-corrected chi connectivity index (χ1v) is 7.82. The SMILES string of the molecule is O=C([O-])c1ccc(C(=O)OC(F)(F)F)cc1.O=C([O-])c1ccc(C(=O)OC(F)(F)F)cc1.[Co+2]. The van der Waals surface area contributed by atoms with Gasteiger partial charge in [0, 0.05) is 0 Å². The van der Waals surface area contributed by atoms with Crippen LogP contribution in [0.25, 0.3) is 0 Å². The molecule has 8 nitrogen and oxygen atoms in total. The molecule has 0 spiro atoms. The van der Waals surface area contributed by atoms with E-state index in [1.54, 1.807) is 0 Å². The molecule has 33 heavy (non-hydrogen) atoms. The van der Waals surface area contributed by atoms with Crippen molar-refractivity contribution in [3.8, 4) is 0 Å². The number of halogens is 6. The fraction of sp³-hybridized carbons (Fsp3) is 0.111. The minimum atomic E-state index is -5.07. The van der Waals surface area contributed by atoms with Crippen LogP contribution in [0.5, 0.6) is 0 Å². The zero-order valence-electron chi connectivity index (χ0n) is 15.5. The van der Waals surface area contributed by atoms with Crippen LogP contribution in [0.4, 0.5) is 26.3 Å². The molecule has 0 bridgehead atoms. The Hall–Kier alpha value is -3.59. The molecule has 0 aliphatic rings. The third-order valence-electron chi connectivity index (χ3n) is 3.13. The number of carboxylic acid groups (broad SMARTS) is 2. The Balaban J connectivity index is 0.000000602. The van der Waals surface area contributed by atoms with Crippen molar-refractivity contribution in [1.29, 1.82) is 0 Å². The van der Waals surface area contributed by atoms with Gasteiger partial charge in [0.25, 0.3) is 0 Å². The van der Waals surface area contributed by atoms with Crippen molar-refractivity contribution in [3.05, 3.63) is 70.8 Å². The van der Waals surface area contributed by atoms with Gasteiger partial charge in [0.1, 0.15) is 0 Å². The summed E-state index contributed by atoms with van der Waals surface area (Å²) in [7, 11) is 0. The maximum Gasteiger partial charge on any atom is 2.00 e. The van der Waals surface area contributed by atoms with E-state index in [9.17, 15) is 55.7 Å². The molecule has 0 N–H and O–H groups in total. The van der Waals surface area contributed by atoms with Crippen LogP contribution >= 0.6 is 0 Å². The fourth-order valence-corrected chi connectivity index (χ4v) is 1.81. The Morgan fingerprint density at radius 2 is 0.758 bits per heavy atom. The van der Waals surface area contributed by atoms with Crippen LogP contribution in [0, 0.1) is 0 Å². The molecule has 0 saturated carbocycles. The number of benzene rings is 2. The Labute approximate surface area is 189 Å². The number of carbonyl (C=O) groups is 4. The van der Waals surface area contributed by atoms with Gasteiger partial charge in [-0.2, -0.15) is 0 Å². The fourth-order valence-electron chi connectivity index (χ4n) is 1.81. The third-order valence-corrected chi connectivity index (χ3v) is 3.13. The minimum Gasteiger partial charge on any atom is -0.545 e. The maximum atomic E-state index is 11.7. The van der Waals surface area contributed by atoms with Gasteiger partial charge in [-0.1, -0.05) is 24.3 Å². The average molecular weight is 525 g/mol. The first kappa shape index (κ1) is 29.4. The molecule has 2 aromatic carbocycles. The van der Waals surface area contributed by atoms with Crippen LogP contribution in [0.1, 0.15) is 41.4 Å². The number of hydrogen-bond acceptors (Lipinski definition) is 8. The summed E-state index contributed by atoms with van der Waals surface area (Å²) in [4.78, 5) is 42.3. The van der Waals surface area contributed by atoms with Crippen molar-refractivity contribution < 1.29 is 82.0 Å². The van der Waals surface area contributed by atoms with Gasteiger partial charge in [-0.05, 0) is 35.4 Å². The third kappa shape index (κ3) is 11.0. The van der Waals surface area contributed by atoms with E-state index in [2.05, 4.69) is 9.47 Å². The Morgan fingerprint density at radius 1 is 0.545 bits per heavy atom. The second kappa shape index (κ2) is 11.9. The zero-order chi connectivity index (χ0) is 24.7. The normalized spacial score (nSPS) is 10.6. The van der Waals surface area contributed by atoms with Gasteiger partial charge >= 0.3 is 41.4 Å². The number of carbonyl (C=O) groups excluding carboxylic acids is 4. The van der Waals surface area contributed by atoms with Gasteiger partial charge in [0.2, 0.25) is 0 Å². The van der Waals surface area contributed by atoms with E-state index in [0.29, 0.717) is 0 Å². The quantitative estimate of drug-likeness (QED) is 0.433. The van der Waals surface area contributed by atoms with Crippen molar-refractivity contribution in [2.24, 2.45) is 0 Å². The molecule has 0 aliphatic heterocycles. The molecule has 0 atom stereocenters. The van der Waals surface area contributed by atoms with Crippen molar-refractivity contribution in [1.82, 2.24) is 0 Å². The number of hydrogen-bond donors (Lipinski definition) is 0. The van der Waals surface area contributed by atoms with Crippen LogP contribution in [0.2, 0.25) is 0 Å². The van der Waals surface area contributed by atoms with Gasteiger partial charge in [0.15, 0.2) is 0 Å². The van der Waals surface area contributed by atoms with Crippen LogP contribution in [-0.4, -0.2) is 36.6 Å². The molecular formula is C18H8CoF6O8. The Morgan fingerprint density at radius 3 is 0.939 bits per heavy atom. The van der Waals surface area contributed by atoms with Crippen molar-refractivity contribution in [3.63, 3.8) is 0 Å². The summed E-state index contributed by atoms with van der Waals surface area (Å²) in [6, 6.07) is 7.39. The van der Waals surface area contributed by atoms with Crippen LogP contribution in [-0.2, 0) is 26.3 Å².